The third kappa shape index (κ3) is 7.31. The molecule has 1 aliphatic rings. The number of benzene rings is 1. The molecule has 3 unspecified atom stereocenters. The number of pyridine rings is 1. The molecule has 1 aromatic heterocycles. The lowest BCUT2D eigenvalue weighted by atomic mass is 10.0. The normalized spacial score (nSPS) is 21.4. The van der Waals surface area contributed by atoms with E-state index in [9.17, 15) is 9.90 Å². The predicted molar refractivity (Wildman–Crippen MR) is 124 cm³/mol. The Balaban J connectivity index is 1.30. The molecule has 3 atom stereocenters. The Hall–Kier alpha value is -1.93. The SMILES string of the molecule is CC1CC(N(C)CCCNC(=O)CCCNc2ccnc3cc(Cl)ccc23)CC(O)O1. The summed E-state index contributed by atoms with van der Waals surface area (Å²) in [5.74, 6) is 0.0749. The molecule has 0 radical (unpaired) electrons. The molecular weight excluding hydrogens is 416 g/mol. The van der Waals surface area contributed by atoms with Crippen molar-refractivity contribution in [2.24, 2.45) is 0 Å². The number of aliphatic hydroxyl groups is 1. The van der Waals surface area contributed by atoms with E-state index in [4.69, 9.17) is 16.3 Å². The number of carbonyl (C=O) groups excluding carboxylic acids is 1. The summed E-state index contributed by atoms with van der Waals surface area (Å²) in [7, 11) is 2.07. The Morgan fingerprint density at radius 3 is 2.94 bits per heavy atom. The first-order valence-electron chi connectivity index (χ1n) is 11.0. The Morgan fingerprint density at radius 1 is 1.29 bits per heavy atom. The maximum Gasteiger partial charge on any atom is 0.220 e. The highest BCUT2D eigenvalue weighted by atomic mass is 35.5. The fraction of sp³-hybridized carbons (Fsp3) is 0.565. The summed E-state index contributed by atoms with van der Waals surface area (Å²) < 4.78 is 5.38. The van der Waals surface area contributed by atoms with Crippen LogP contribution in [-0.4, -0.2) is 66.0 Å². The minimum absolute atomic E-state index is 0.0749. The third-order valence-corrected chi connectivity index (χ3v) is 5.94. The van der Waals surface area contributed by atoms with Crippen molar-refractivity contribution >= 4 is 34.1 Å². The molecule has 0 bridgehead atoms. The van der Waals surface area contributed by atoms with Gasteiger partial charge in [0.05, 0.1) is 11.6 Å². The molecule has 1 fully saturated rings. The van der Waals surface area contributed by atoms with E-state index in [2.05, 4.69) is 27.6 Å². The number of rotatable bonds is 10. The van der Waals surface area contributed by atoms with Crippen LogP contribution in [0.2, 0.25) is 5.02 Å². The summed E-state index contributed by atoms with van der Waals surface area (Å²) in [6.07, 6.45) is 4.84. The van der Waals surface area contributed by atoms with Crippen LogP contribution in [-0.2, 0) is 9.53 Å². The van der Waals surface area contributed by atoms with Gasteiger partial charge in [0.25, 0.3) is 0 Å². The number of hydrogen-bond donors (Lipinski definition) is 3. The van der Waals surface area contributed by atoms with Crippen molar-refractivity contribution in [1.29, 1.82) is 0 Å². The summed E-state index contributed by atoms with van der Waals surface area (Å²) in [6.45, 7) is 4.24. The zero-order chi connectivity index (χ0) is 22.2. The van der Waals surface area contributed by atoms with Gasteiger partial charge in [0, 0.05) is 54.3 Å². The number of aromatic nitrogens is 1. The fourth-order valence-corrected chi connectivity index (χ4v) is 4.19. The third-order valence-electron chi connectivity index (χ3n) is 5.70. The molecule has 31 heavy (non-hydrogen) atoms. The van der Waals surface area contributed by atoms with Crippen LogP contribution < -0.4 is 10.6 Å². The molecule has 3 N–H and O–H groups in total. The van der Waals surface area contributed by atoms with E-state index in [-0.39, 0.29) is 12.0 Å². The molecule has 1 saturated heterocycles. The molecule has 3 rings (SSSR count). The van der Waals surface area contributed by atoms with Crippen molar-refractivity contribution in [2.75, 3.05) is 32.0 Å². The van der Waals surface area contributed by atoms with Gasteiger partial charge in [0.1, 0.15) is 0 Å². The van der Waals surface area contributed by atoms with E-state index in [0.29, 0.717) is 37.0 Å². The standard InChI is InChI=1S/C23H33ClN4O3/c1-16-13-18(15-23(30)31-16)28(2)12-4-10-27-22(29)5-3-9-25-20-8-11-26-21-14-17(24)6-7-19(20)21/h6-8,11,14,16,18,23,30H,3-5,9-10,12-13,15H2,1-2H3,(H,25,26)(H,27,29). The molecule has 8 heteroatoms. The lowest BCUT2D eigenvalue weighted by Crippen LogP contribution is -2.44. The predicted octanol–water partition coefficient (Wildman–Crippen LogP) is 3.40. The van der Waals surface area contributed by atoms with E-state index in [1.54, 1.807) is 6.20 Å². The van der Waals surface area contributed by atoms with Gasteiger partial charge < -0.3 is 25.4 Å². The smallest absolute Gasteiger partial charge is 0.220 e. The second-order valence-electron chi connectivity index (χ2n) is 8.26. The van der Waals surface area contributed by atoms with E-state index in [1.165, 1.54) is 0 Å². The highest BCUT2D eigenvalue weighted by Gasteiger charge is 2.27. The van der Waals surface area contributed by atoms with Crippen LogP contribution in [0, 0.1) is 0 Å². The maximum absolute atomic E-state index is 12.1. The zero-order valence-corrected chi connectivity index (χ0v) is 19.1. The van der Waals surface area contributed by atoms with Gasteiger partial charge in [-0.3, -0.25) is 9.78 Å². The highest BCUT2D eigenvalue weighted by molar-refractivity contribution is 6.31. The van der Waals surface area contributed by atoms with Gasteiger partial charge in [0.15, 0.2) is 6.29 Å². The second-order valence-corrected chi connectivity index (χ2v) is 8.70. The van der Waals surface area contributed by atoms with Gasteiger partial charge >= 0.3 is 0 Å². The number of nitrogens with one attached hydrogen (secondary N) is 2. The van der Waals surface area contributed by atoms with Crippen LogP contribution in [0.4, 0.5) is 5.69 Å². The molecule has 7 nitrogen and oxygen atoms in total. The number of aliphatic hydroxyl groups excluding tert-OH is 1. The number of halogens is 1. The summed E-state index contributed by atoms with van der Waals surface area (Å²) in [6, 6.07) is 7.91. The van der Waals surface area contributed by atoms with E-state index in [1.807, 2.05) is 31.2 Å². The van der Waals surface area contributed by atoms with Gasteiger partial charge in [-0.15, -0.1) is 0 Å². The number of anilines is 1. The zero-order valence-electron chi connectivity index (χ0n) is 18.3. The minimum Gasteiger partial charge on any atom is -0.384 e. The average molecular weight is 449 g/mol. The van der Waals surface area contributed by atoms with E-state index in [0.717, 1.165) is 42.4 Å². The lowest BCUT2D eigenvalue weighted by Gasteiger charge is -2.36. The number of fused-ring (bicyclic) bond motifs is 1. The quantitative estimate of drug-likeness (QED) is 0.483. The lowest BCUT2D eigenvalue weighted by molar-refractivity contribution is -0.173. The van der Waals surface area contributed by atoms with Gasteiger partial charge in [0.2, 0.25) is 5.91 Å². The van der Waals surface area contributed by atoms with E-state index >= 15 is 0 Å². The molecule has 2 heterocycles. The van der Waals surface area contributed by atoms with Crippen molar-refractivity contribution in [3.63, 3.8) is 0 Å². The van der Waals surface area contributed by atoms with Crippen molar-refractivity contribution in [2.45, 2.75) is 57.5 Å². The van der Waals surface area contributed by atoms with Gasteiger partial charge in [-0.25, -0.2) is 0 Å². The molecule has 0 aliphatic carbocycles. The van der Waals surface area contributed by atoms with Crippen LogP contribution in [0.5, 0.6) is 0 Å². The Kier molecular flexibility index (Phi) is 8.90. The molecule has 1 aliphatic heterocycles. The summed E-state index contributed by atoms with van der Waals surface area (Å²) in [4.78, 5) is 18.7. The molecule has 170 valence electrons. The van der Waals surface area contributed by atoms with Crippen LogP contribution in [0.3, 0.4) is 0 Å². The first-order valence-corrected chi connectivity index (χ1v) is 11.4. The first kappa shape index (κ1) is 23.7. The van der Waals surface area contributed by atoms with Crippen molar-refractivity contribution in [3.05, 3.63) is 35.5 Å². The van der Waals surface area contributed by atoms with Crippen LogP contribution in [0.25, 0.3) is 10.9 Å². The molecule has 2 aromatic rings. The van der Waals surface area contributed by atoms with Crippen LogP contribution in [0.1, 0.15) is 39.0 Å². The van der Waals surface area contributed by atoms with Gasteiger partial charge in [-0.2, -0.15) is 0 Å². The highest BCUT2D eigenvalue weighted by Crippen LogP contribution is 2.24. The Labute approximate surface area is 189 Å². The largest absolute Gasteiger partial charge is 0.384 e. The van der Waals surface area contributed by atoms with Gasteiger partial charge in [-0.05, 0) is 64.0 Å². The summed E-state index contributed by atoms with van der Waals surface area (Å²) in [5.41, 5.74) is 1.85. The van der Waals surface area contributed by atoms with Crippen molar-refractivity contribution in [3.8, 4) is 0 Å². The topological polar surface area (TPSA) is 86.7 Å². The molecular formula is C23H33ClN4O3. The number of ether oxygens (including phenoxy) is 1. The van der Waals surface area contributed by atoms with Crippen molar-refractivity contribution < 1.29 is 14.6 Å². The minimum atomic E-state index is -0.674. The Bertz CT molecular complexity index is 856. The molecule has 0 saturated carbocycles. The molecule has 0 spiro atoms. The van der Waals surface area contributed by atoms with Crippen LogP contribution >= 0.6 is 11.6 Å². The van der Waals surface area contributed by atoms with Gasteiger partial charge in [-0.1, -0.05) is 11.6 Å². The monoisotopic (exact) mass is 448 g/mol. The van der Waals surface area contributed by atoms with Crippen molar-refractivity contribution in [1.82, 2.24) is 15.2 Å². The number of carbonyl (C=O) groups is 1. The maximum atomic E-state index is 12.1. The number of hydrogen-bond acceptors (Lipinski definition) is 6. The van der Waals surface area contributed by atoms with E-state index < -0.39 is 6.29 Å². The first-order chi connectivity index (χ1) is 14.9. The second kappa shape index (κ2) is 11.6. The fourth-order valence-electron chi connectivity index (χ4n) is 4.03. The summed E-state index contributed by atoms with van der Waals surface area (Å²) in [5, 5.41) is 17.8. The molecule has 1 amide bonds. The Morgan fingerprint density at radius 2 is 2.13 bits per heavy atom. The number of amides is 1. The van der Waals surface area contributed by atoms with Crippen LogP contribution in [0.15, 0.2) is 30.5 Å². The average Bonchev–Trinajstić information content (AvgIpc) is 2.73. The summed E-state index contributed by atoms with van der Waals surface area (Å²) >= 11 is 6.03. The molecule has 1 aromatic carbocycles. The number of nitrogens with zero attached hydrogens (tertiary/aromatic N) is 2.